The first-order valence-corrected chi connectivity index (χ1v) is 10.4. The maximum Gasteiger partial charge on any atom is 0.269 e. The summed E-state index contributed by atoms with van der Waals surface area (Å²) in [5.41, 5.74) is 1.92. The number of non-ortho nitro benzene ring substituents is 2. The number of nitro benzene ring substituents is 2. The Balaban J connectivity index is 1.77. The summed E-state index contributed by atoms with van der Waals surface area (Å²) in [4.78, 5) is 35.9. The van der Waals surface area contributed by atoms with E-state index in [9.17, 15) is 25.0 Å². The van der Waals surface area contributed by atoms with Crippen LogP contribution < -0.4 is 10.2 Å². The Morgan fingerprint density at radius 2 is 1.33 bits per heavy atom. The number of nitrogens with zero attached hydrogens (tertiary/aromatic N) is 3. The Kier molecular flexibility index (Phi) is 6.09. The maximum absolute atomic E-state index is 13.3. The lowest BCUT2D eigenvalue weighted by Gasteiger charge is -2.26. The summed E-state index contributed by atoms with van der Waals surface area (Å²) in [7, 11) is 0. The zero-order valence-electron chi connectivity index (χ0n) is 17.2. The first kappa shape index (κ1) is 22.0. The second kappa shape index (κ2) is 9.13. The van der Waals surface area contributed by atoms with Crippen molar-refractivity contribution in [2.45, 2.75) is 18.4 Å². The van der Waals surface area contributed by atoms with Gasteiger partial charge in [0.05, 0.1) is 21.6 Å². The number of thiocarbonyl (C=S) groups is 1. The van der Waals surface area contributed by atoms with Crippen molar-refractivity contribution in [2.24, 2.45) is 0 Å². The molecule has 1 fully saturated rings. The van der Waals surface area contributed by atoms with Gasteiger partial charge in [0.1, 0.15) is 0 Å². The molecule has 0 unspecified atom stereocenters. The topological polar surface area (TPSA) is 119 Å². The van der Waals surface area contributed by atoms with Crippen molar-refractivity contribution < 1.29 is 14.6 Å². The minimum absolute atomic E-state index is 0.0520. The van der Waals surface area contributed by atoms with Crippen LogP contribution in [0, 0.1) is 20.2 Å². The molecule has 3 aromatic rings. The number of carbonyl (C=O) groups is 1. The second-order valence-electron chi connectivity index (χ2n) is 7.50. The highest BCUT2D eigenvalue weighted by Gasteiger charge is 2.36. The van der Waals surface area contributed by atoms with Crippen LogP contribution in [0.3, 0.4) is 0 Å². The van der Waals surface area contributed by atoms with Gasteiger partial charge in [-0.3, -0.25) is 29.9 Å². The van der Waals surface area contributed by atoms with Crippen molar-refractivity contribution in [1.82, 2.24) is 5.32 Å². The van der Waals surface area contributed by atoms with E-state index < -0.39 is 21.8 Å². The highest BCUT2D eigenvalue weighted by molar-refractivity contribution is 7.80. The van der Waals surface area contributed by atoms with E-state index >= 15 is 0 Å². The molecule has 4 rings (SSSR count). The lowest BCUT2D eigenvalue weighted by Crippen LogP contribution is -2.42. The van der Waals surface area contributed by atoms with E-state index in [-0.39, 0.29) is 28.8 Å². The number of anilines is 1. The summed E-state index contributed by atoms with van der Waals surface area (Å²) in [5.74, 6) is -0.655. The number of benzene rings is 3. The van der Waals surface area contributed by atoms with Gasteiger partial charge in [-0.1, -0.05) is 42.5 Å². The monoisotopic (exact) mass is 462 g/mol. The molecule has 166 valence electrons. The fourth-order valence-electron chi connectivity index (χ4n) is 3.92. The van der Waals surface area contributed by atoms with Crippen LogP contribution in [-0.2, 0) is 4.79 Å². The molecule has 10 heteroatoms. The molecule has 0 aliphatic carbocycles. The lowest BCUT2D eigenvalue weighted by atomic mass is 9.84. The van der Waals surface area contributed by atoms with Crippen LogP contribution in [0.1, 0.15) is 29.5 Å². The third-order valence-electron chi connectivity index (χ3n) is 5.54. The molecule has 1 aliphatic heterocycles. The van der Waals surface area contributed by atoms with Gasteiger partial charge in [-0.15, -0.1) is 0 Å². The van der Waals surface area contributed by atoms with Crippen LogP contribution in [0.15, 0.2) is 78.9 Å². The number of carbonyl (C=O) groups excluding carboxylic acids is 1. The van der Waals surface area contributed by atoms with Crippen molar-refractivity contribution in [1.29, 1.82) is 0 Å². The van der Waals surface area contributed by atoms with Crippen LogP contribution in [-0.4, -0.2) is 20.9 Å². The summed E-state index contributed by atoms with van der Waals surface area (Å²) >= 11 is 5.57. The molecule has 33 heavy (non-hydrogen) atoms. The van der Waals surface area contributed by atoms with Gasteiger partial charge in [-0.25, -0.2) is 0 Å². The molecule has 0 spiro atoms. The summed E-state index contributed by atoms with van der Waals surface area (Å²) in [5, 5.41) is 25.6. The standard InChI is InChI=1S/C23H18N4O5S/c28-21-14-20(15-6-10-18(11-7-15)26(29)30)22(16-8-12-19(13-9-16)27(31)32)24-23(33)25(21)17-4-2-1-3-5-17/h1-13,20,22H,14H2,(H,24,33)/t20-,22-/m0/s1. The summed E-state index contributed by atoms with van der Waals surface area (Å²) in [6, 6.07) is 20.6. The summed E-state index contributed by atoms with van der Waals surface area (Å²) in [6.07, 6.45) is 0.0709. The molecular weight excluding hydrogens is 444 g/mol. The van der Waals surface area contributed by atoms with Gasteiger partial charge < -0.3 is 5.32 Å². The Morgan fingerprint density at radius 1 is 0.818 bits per heavy atom. The second-order valence-corrected chi connectivity index (χ2v) is 7.89. The van der Waals surface area contributed by atoms with Crippen LogP contribution >= 0.6 is 12.2 Å². The highest BCUT2D eigenvalue weighted by atomic mass is 32.1. The Bertz CT molecular complexity index is 1140. The predicted octanol–water partition coefficient (Wildman–Crippen LogP) is 4.64. The van der Waals surface area contributed by atoms with Gasteiger partial charge in [0.2, 0.25) is 5.91 Å². The normalized spacial score (nSPS) is 18.4. The lowest BCUT2D eigenvalue weighted by molar-refractivity contribution is -0.385. The van der Waals surface area contributed by atoms with E-state index in [0.717, 1.165) is 0 Å². The smallest absolute Gasteiger partial charge is 0.269 e. The third kappa shape index (κ3) is 4.55. The fraction of sp³-hybridized carbons (Fsp3) is 0.130. The third-order valence-corrected chi connectivity index (χ3v) is 5.84. The minimum Gasteiger partial charge on any atom is -0.354 e. The maximum atomic E-state index is 13.3. The van der Waals surface area contributed by atoms with Gasteiger partial charge in [0.25, 0.3) is 11.4 Å². The molecule has 9 nitrogen and oxygen atoms in total. The Labute approximate surface area is 194 Å². The number of amides is 1. The molecule has 0 aromatic heterocycles. The van der Waals surface area contributed by atoms with Crippen LogP contribution in [0.5, 0.6) is 0 Å². The molecule has 1 aliphatic rings. The van der Waals surface area contributed by atoms with Gasteiger partial charge in [0, 0.05) is 36.6 Å². The number of hydrogen-bond acceptors (Lipinski definition) is 6. The van der Waals surface area contributed by atoms with E-state index in [0.29, 0.717) is 16.8 Å². The molecule has 0 saturated carbocycles. The van der Waals surface area contributed by atoms with Gasteiger partial charge in [-0.2, -0.15) is 0 Å². The molecular formula is C23H18N4O5S. The van der Waals surface area contributed by atoms with E-state index in [2.05, 4.69) is 5.32 Å². The SMILES string of the molecule is O=C1C[C@@H](c2ccc([N+](=O)[O-])cc2)[C@H](c2ccc([N+](=O)[O-])cc2)NC(=S)N1c1ccccc1. The van der Waals surface area contributed by atoms with Gasteiger partial charge >= 0.3 is 0 Å². The number of hydrogen-bond donors (Lipinski definition) is 1. The quantitative estimate of drug-likeness (QED) is 0.333. The Hall–Kier alpha value is -4.18. The van der Waals surface area contributed by atoms with E-state index in [1.165, 1.54) is 29.2 Å². The molecule has 3 aromatic carbocycles. The first-order valence-electron chi connectivity index (χ1n) is 10.0. The van der Waals surface area contributed by atoms with Crippen molar-refractivity contribution in [3.8, 4) is 0 Å². The highest BCUT2D eigenvalue weighted by Crippen LogP contribution is 2.38. The van der Waals surface area contributed by atoms with Crippen LogP contribution in [0.2, 0.25) is 0 Å². The minimum atomic E-state index is -0.488. The van der Waals surface area contributed by atoms with Gasteiger partial charge in [0.15, 0.2) is 5.11 Å². The summed E-state index contributed by atoms with van der Waals surface area (Å²) < 4.78 is 0. The molecule has 1 saturated heterocycles. The van der Waals surface area contributed by atoms with Gasteiger partial charge in [-0.05, 0) is 35.5 Å². The fourth-order valence-corrected chi connectivity index (χ4v) is 4.25. The van der Waals surface area contributed by atoms with Crippen LogP contribution in [0.4, 0.5) is 17.1 Å². The Morgan fingerprint density at radius 3 is 1.85 bits per heavy atom. The zero-order chi connectivity index (χ0) is 23.5. The molecule has 1 heterocycles. The average Bonchev–Trinajstić information content (AvgIpc) is 2.95. The molecule has 2 atom stereocenters. The van der Waals surface area contributed by atoms with E-state index in [1.54, 1.807) is 48.5 Å². The van der Waals surface area contributed by atoms with Crippen molar-refractivity contribution in [3.63, 3.8) is 0 Å². The van der Waals surface area contributed by atoms with E-state index in [1.807, 2.05) is 6.07 Å². The first-order chi connectivity index (χ1) is 15.8. The van der Waals surface area contributed by atoms with Crippen molar-refractivity contribution in [2.75, 3.05) is 4.90 Å². The van der Waals surface area contributed by atoms with Crippen molar-refractivity contribution in [3.05, 3.63) is 110 Å². The van der Waals surface area contributed by atoms with Crippen molar-refractivity contribution >= 4 is 40.3 Å². The number of nitrogens with one attached hydrogen (secondary N) is 1. The average molecular weight is 462 g/mol. The largest absolute Gasteiger partial charge is 0.354 e. The number of para-hydroxylation sites is 1. The molecule has 0 radical (unpaired) electrons. The van der Waals surface area contributed by atoms with E-state index in [4.69, 9.17) is 12.2 Å². The molecule has 0 bridgehead atoms. The number of rotatable bonds is 5. The molecule has 1 N–H and O–H groups in total. The summed E-state index contributed by atoms with van der Waals surface area (Å²) in [6.45, 7) is 0. The predicted molar refractivity (Wildman–Crippen MR) is 126 cm³/mol. The van der Waals surface area contributed by atoms with Crippen LogP contribution in [0.25, 0.3) is 0 Å². The zero-order valence-corrected chi connectivity index (χ0v) is 18.0. The molecule has 1 amide bonds. The number of nitro groups is 2.